The third-order valence-corrected chi connectivity index (χ3v) is 7.03. The zero-order valence-electron chi connectivity index (χ0n) is 14.3. The third kappa shape index (κ3) is 4.00. The normalized spacial score (nSPS) is 11.9. The van der Waals surface area contributed by atoms with E-state index >= 15 is 0 Å². The molecule has 0 aliphatic rings. The first-order chi connectivity index (χ1) is 10.8. The number of rotatable bonds is 3. The van der Waals surface area contributed by atoms with Crippen molar-refractivity contribution in [2.75, 3.05) is 0 Å². The van der Waals surface area contributed by atoms with Gasteiger partial charge in [0.05, 0.1) is 0 Å². The van der Waals surface area contributed by atoms with Gasteiger partial charge in [0.1, 0.15) is 0 Å². The number of aromatic nitrogens is 2. The monoisotopic (exact) mass is 390 g/mol. The van der Waals surface area contributed by atoms with Gasteiger partial charge in [0.2, 0.25) is 0 Å². The molecule has 0 fully saturated rings. The van der Waals surface area contributed by atoms with Crippen molar-refractivity contribution < 1.29 is 0 Å². The third-order valence-electron chi connectivity index (χ3n) is 3.57. The van der Waals surface area contributed by atoms with Gasteiger partial charge in [-0.3, -0.25) is 0 Å². The van der Waals surface area contributed by atoms with Crippen molar-refractivity contribution in [3.05, 3.63) is 45.5 Å². The second-order valence-electron chi connectivity index (χ2n) is 7.18. The molecule has 0 aromatic carbocycles. The van der Waals surface area contributed by atoms with Crippen LogP contribution in [0.15, 0.2) is 29.3 Å². The molecule has 3 heterocycles. The Labute approximate surface area is 148 Å². The minimum absolute atomic E-state index is 0.290. The Hall–Kier alpha value is -1.22. The average molecular weight is 389 g/mol. The molecule has 4 heteroatoms. The van der Waals surface area contributed by atoms with Crippen molar-refractivity contribution in [1.82, 2.24) is 9.97 Å². The second kappa shape index (κ2) is 6.35. The van der Waals surface area contributed by atoms with Crippen molar-refractivity contribution in [2.24, 2.45) is 5.41 Å². The zero-order chi connectivity index (χ0) is 16.6. The van der Waals surface area contributed by atoms with Crippen molar-refractivity contribution in [2.45, 2.75) is 41.0 Å². The van der Waals surface area contributed by atoms with E-state index in [0.29, 0.717) is 19.9 Å². The quantitative estimate of drug-likeness (QED) is 0.580. The molecule has 0 saturated heterocycles. The van der Waals surface area contributed by atoms with Gasteiger partial charge in [-0.1, -0.05) is 0 Å². The van der Waals surface area contributed by atoms with Gasteiger partial charge in [0.15, 0.2) is 0 Å². The molecule has 0 N–H and O–H groups in total. The summed E-state index contributed by atoms with van der Waals surface area (Å²) < 4.78 is 1.36. The van der Waals surface area contributed by atoms with Crippen LogP contribution < -0.4 is 0 Å². The fraction of sp³-hybridized carbons (Fsp3) is 0.368. The maximum atomic E-state index is 4.81. The van der Waals surface area contributed by atoms with Gasteiger partial charge in [0.25, 0.3) is 0 Å². The molecule has 2 nitrogen and oxygen atoms in total. The number of thiazole rings is 1. The molecule has 3 rings (SSSR count). The van der Waals surface area contributed by atoms with Crippen LogP contribution >= 0.6 is 11.3 Å². The van der Waals surface area contributed by atoms with Gasteiger partial charge in [-0.25, -0.2) is 0 Å². The summed E-state index contributed by atoms with van der Waals surface area (Å²) in [5.74, 6) is 0. The van der Waals surface area contributed by atoms with Gasteiger partial charge < -0.3 is 0 Å². The predicted octanol–water partition coefficient (Wildman–Crippen LogP) is 5.13. The van der Waals surface area contributed by atoms with Gasteiger partial charge in [0, 0.05) is 0 Å². The summed E-state index contributed by atoms with van der Waals surface area (Å²) in [7, 11) is 0. The summed E-state index contributed by atoms with van der Waals surface area (Å²) in [5, 5.41) is 1.11. The summed E-state index contributed by atoms with van der Waals surface area (Å²) in [6.45, 7) is 11.1. The summed E-state index contributed by atoms with van der Waals surface area (Å²) in [6, 6.07) is 6.52. The Morgan fingerprint density at radius 3 is 2.61 bits per heavy atom. The zero-order valence-corrected chi connectivity index (χ0v) is 16.8. The minimum atomic E-state index is 0.290. The van der Waals surface area contributed by atoms with Crippen LogP contribution in [-0.4, -0.2) is 24.5 Å². The number of hydrogen-bond acceptors (Lipinski definition) is 3. The molecule has 0 bridgehead atoms. The molecule has 0 radical (unpaired) electrons. The fourth-order valence-electron chi connectivity index (χ4n) is 2.46. The average Bonchev–Trinajstić information content (AvgIpc) is 3.05. The molecule has 3 aromatic heterocycles. The number of aryl methyl sites for hydroxylation is 2. The Morgan fingerprint density at radius 2 is 1.96 bits per heavy atom. The molecule has 0 saturated carbocycles. The molecule has 0 aliphatic carbocycles. The van der Waals surface area contributed by atoms with E-state index in [1.165, 1.54) is 26.1 Å². The molecule has 0 spiro atoms. The van der Waals surface area contributed by atoms with Crippen LogP contribution in [0.1, 0.15) is 36.9 Å². The standard InChI is InChI=1S/C19H22N2SSe/c1-12-8-17(23-11-12)15-9-14(6-7-20-15)18-21-13(2)16(22-18)10-19(3,4)5/h6-9,11H,10H2,1-5H3. The van der Waals surface area contributed by atoms with Crippen LogP contribution in [0.3, 0.4) is 0 Å². The molecule has 0 aliphatic heterocycles. The van der Waals surface area contributed by atoms with E-state index in [0.717, 1.165) is 17.1 Å². The van der Waals surface area contributed by atoms with Gasteiger partial charge in [-0.05, 0) is 0 Å². The summed E-state index contributed by atoms with van der Waals surface area (Å²) in [5.41, 5.74) is 5.09. The van der Waals surface area contributed by atoms with Crippen LogP contribution in [0, 0.1) is 19.3 Å². The first-order valence-corrected chi connectivity index (χ1v) is 10.5. The molecule has 3 aromatic rings. The van der Waals surface area contributed by atoms with Crippen LogP contribution in [-0.2, 0) is 6.42 Å². The van der Waals surface area contributed by atoms with Crippen LogP contribution in [0.25, 0.3) is 20.7 Å². The van der Waals surface area contributed by atoms with Crippen molar-refractivity contribution in [3.63, 3.8) is 0 Å². The predicted molar refractivity (Wildman–Crippen MR) is 100 cm³/mol. The van der Waals surface area contributed by atoms with E-state index in [4.69, 9.17) is 4.98 Å². The number of nitrogens with zero attached hydrogens (tertiary/aromatic N) is 2. The van der Waals surface area contributed by atoms with Gasteiger partial charge in [-0.2, -0.15) is 0 Å². The molecule has 0 amide bonds. The molecular weight excluding hydrogens is 367 g/mol. The Kier molecular flexibility index (Phi) is 4.59. The summed E-state index contributed by atoms with van der Waals surface area (Å²) >= 11 is 2.23. The number of pyridine rings is 1. The van der Waals surface area contributed by atoms with E-state index in [1.807, 2.05) is 17.5 Å². The van der Waals surface area contributed by atoms with Crippen molar-refractivity contribution in [1.29, 1.82) is 0 Å². The molecule has 0 unspecified atom stereocenters. The Bertz CT molecular complexity index is 824. The van der Waals surface area contributed by atoms with E-state index in [-0.39, 0.29) is 0 Å². The van der Waals surface area contributed by atoms with Gasteiger partial charge >= 0.3 is 148 Å². The Morgan fingerprint density at radius 1 is 1.17 bits per heavy atom. The topological polar surface area (TPSA) is 25.8 Å². The van der Waals surface area contributed by atoms with Crippen LogP contribution in [0.4, 0.5) is 0 Å². The van der Waals surface area contributed by atoms with E-state index < -0.39 is 0 Å². The molecular formula is C19H22N2SSe. The van der Waals surface area contributed by atoms with E-state index in [1.54, 1.807) is 0 Å². The second-order valence-corrected chi connectivity index (χ2v) is 10.2. The Balaban J connectivity index is 1.95. The molecule has 23 heavy (non-hydrogen) atoms. The maximum absolute atomic E-state index is 4.81. The summed E-state index contributed by atoms with van der Waals surface area (Å²) in [6.07, 6.45) is 2.99. The SMILES string of the molecule is Cc1c[se]c(-c2cc(-c3nc(C)c(CC(C)(C)C)s3)ccn2)c1. The molecule has 0 atom stereocenters. The first kappa shape index (κ1) is 16.6. The van der Waals surface area contributed by atoms with Crippen LogP contribution in [0.5, 0.6) is 0 Å². The first-order valence-electron chi connectivity index (χ1n) is 7.80. The molecule has 120 valence electrons. The van der Waals surface area contributed by atoms with E-state index in [9.17, 15) is 0 Å². The van der Waals surface area contributed by atoms with E-state index in [2.05, 4.69) is 62.7 Å². The fourth-order valence-corrected chi connectivity index (χ4v) is 5.64. The summed E-state index contributed by atoms with van der Waals surface area (Å²) in [4.78, 5) is 13.1. The van der Waals surface area contributed by atoms with Crippen molar-refractivity contribution in [3.8, 4) is 20.7 Å². The van der Waals surface area contributed by atoms with Crippen molar-refractivity contribution >= 4 is 25.8 Å². The number of hydrogen-bond donors (Lipinski definition) is 0. The van der Waals surface area contributed by atoms with Gasteiger partial charge in [-0.15, -0.1) is 0 Å². The van der Waals surface area contributed by atoms with Crippen LogP contribution in [0.2, 0.25) is 0 Å².